The largest absolute Gasteiger partial charge is 0.340 e. The van der Waals surface area contributed by atoms with Crippen molar-refractivity contribution in [2.45, 2.75) is 10.6 Å². The molecule has 0 bridgehead atoms. The smallest absolute Gasteiger partial charge is 0.252 e. The Morgan fingerprint density at radius 1 is 1.07 bits per heavy atom. The van der Waals surface area contributed by atoms with E-state index >= 15 is 0 Å². The summed E-state index contributed by atoms with van der Waals surface area (Å²) in [6.45, 7) is 1.25. The van der Waals surface area contributed by atoms with Crippen LogP contribution in [0.2, 0.25) is 4.34 Å². The molecule has 1 saturated heterocycles. The van der Waals surface area contributed by atoms with Crippen molar-refractivity contribution in [2.75, 3.05) is 26.2 Å². The third-order valence-electron chi connectivity index (χ3n) is 4.64. The molecule has 1 aromatic carbocycles. The van der Waals surface area contributed by atoms with E-state index < -0.39 is 10.0 Å². The fourth-order valence-electron chi connectivity index (χ4n) is 3.07. The van der Waals surface area contributed by atoms with E-state index in [0.717, 1.165) is 22.6 Å². The summed E-state index contributed by atoms with van der Waals surface area (Å²) < 4.78 is 28.9. The molecule has 152 valence electrons. The van der Waals surface area contributed by atoms with E-state index in [1.54, 1.807) is 11.0 Å². The quantitative estimate of drug-likeness (QED) is 0.580. The number of carbonyl (C=O) groups excluding carboxylic acids is 1. The number of rotatable bonds is 5. The molecule has 9 nitrogen and oxygen atoms in total. The minimum atomic E-state index is -3.56. The zero-order valence-electron chi connectivity index (χ0n) is 15.2. The van der Waals surface area contributed by atoms with E-state index in [4.69, 9.17) is 11.6 Å². The number of thiophene rings is 1. The Bertz CT molecular complexity index is 1090. The van der Waals surface area contributed by atoms with Gasteiger partial charge in [0, 0.05) is 26.2 Å². The average molecular weight is 453 g/mol. The maximum Gasteiger partial charge on any atom is 0.252 e. The predicted octanol–water partition coefficient (Wildman–Crippen LogP) is 1.45. The van der Waals surface area contributed by atoms with Gasteiger partial charge in [0.15, 0.2) is 0 Å². The minimum absolute atomic E-state index is 0.0311. The van der Waals surface area contributed by atoms with Crippen LogP contribution in [0.25, 0.3) is 5.69 Å². The number of piperazine rings is 1. The van der Waals surface area contributed by atoms with Crippen LogP contribution in [0, 0.1) is 0 Å². The van der Waals surface area contributed by atoms with Crippen LogP contribution in [-0.4, -0.2) is 69.9 Å². The van der Waals surface area contributed by atoms with Crippen LogP contribution < -0.4 is 0 Å². The Morgan fingerprint density at radius 3 is 2.38 bits per heavy atom. The van der Waals surface area contributed by atoms with Gasteiger partial charge in [-0.2, -0.15) is 4.31 Å². The molecule has 3 heterocycles. The number of hydrogen-bond donors (Lipinski definition) is 0. The lowest BCUT2D eigenvalue weighted by Gasteiger charge is -2.33. The Morgan fingerprint density at radius 2 is 1.79 bits per heavy atom. The molecule has 0 saturated carbocycles. The normalized spacial score (nSPS) is 15.6. The second-order valence-corrected chi connectivity index (χ2v) is 10.3. The number of tetrazole rings is 1. The van der Waals surface area contributed by atoms with Gasteiger partial charge in [0.2, 0.25) is 5.91 Å². The van der Waals surface area contributed by atoms with Gasteiger partial charge in [0.25, 0.3) is 10.0 Å². The molecule has 0 spiro atoms. The first-order valence-electron chi connectivity index (χ1n) is 8.79. The van der Waals surface area contributed by atoms with Crippen molar-refractivity contribution < 1.29 is 13.2 Å². The number of amides is 1. The molecule has 29 heavy (non-hydrogen) atoms. The Balaban J connectivity index is 1.34. The van der Waals surface area contributed by atoms with Crippen molar-refractivity contribution in [1.29, 1.82) is 0 Å². The summed E-state index contributed by atoms with van der Waals surface area (Å²) in [6, 6.07) is 10.5. The first-order valence-corrected chi connectivity index (χ1v) is 11.4. The lowest BCUT2D eigenvalue weighted by molar-refractivity contribution is -0.131. The fraction of sp³-hybridized carbons (Fsp3) is 0.294. The number of halogens is 1. The molecule has 3 aromatic rings. The second kappa shape index (κ2) is 8.19. The van der Waals surface area contributed by atoms with Gasteiger partial charge in [-0.05, 0) is 40.3 Å². The molecule has 1 aliphatic heterocycles. The lowest BCUT2D eigenvalue weighted by atomic mass is 10.1. The molecule has 0 atom stereocenters. The fourth-order valence-corrected chi connectivity index (χ4v) is 6.13. The average Bonchev–Trinajstić information content (AvgIpc) is 3.41. The summed E-state index contributed by atoms with van der Waals surface area (Å²) in [5.74, 6) is -0.0311. The Kier molecular flexibility index (Phi) is 5.63. The van der Waals surface area contributed by atoms with Crippen LogP contribution in [0.15, 0.2) is 46.9 Å². The van der Waals surface area contributed by atoms with Crippen LogP contribution in [0.5, 0.6) is 0 Å². The highest BCUT2D eigenvalue weighted by atomic mass is 35.5. The highest BCUT2D eigenvalue weighted by Crippen LogP contribution is 2.28. The van der Waals surface area contributed by atoms with Crippen LogP contribution in [0.3, 0.4) is 0 Å². The first kappa shape index (κ1) is 20.0. The van der Waals surface area contributed by atoms with Crippen LogP contribution in [-0.2, 0) is 21.2 Å². The van der Waals surface area contributed by atoms with Gasteiger partial charge in [-0.25, -0.2) is 13.1 Å². The third kappa shape index (κ3) is 4.32. The summed E-state index contributed by atoms with van der Waals surface area (Å²) in [5, 5.41) is 11.0. The monoisotopic (exact) mass is 452 g/mol. The first-order chi connectivity index (χ1) is 13.9. The molecule has 12 heteroatoms. The van der Waals surface area contributed by atoms with Gasteiger partial charge >= 0.3 is 0 Å². The number of hydrogen-bond acceptors (Lipinski definition) is 7. The van der Waals surface area contributed by atoms with Crippen LogP contribution in [0.4, 0.5) is 0 Å². The van der Waals surface area contributed by atoms with Gasteiger partial charge in [-0.15, -0.1) is 16.4 Å². The van der Waals surface area contributed by atoms with Crippen molar-refractivity contribution in [2.24, 2.45) is 0 Å². The molecule has 0 aliphatic carbocycles. The van der Waals surface area contributed by atoms with E-state index in [-0.39, 0.29) is 29.6 Å². The summed E-state index contributed by atoms with van der Waals surface area (Å²) >= 11 is 6.90. The zero-order valence-corrected chi connectivity index (χ0v) is 17.6. The van der Waals surface area contributed by atoms with E-state index in [0.29, 0.717) is 17.4 Å². The standard InChI is InChI=1S/C17H17ClN6O3S2/c18-15-5-6-17(28-15)29(26,27)23-9-7-22(8-10-23)16(25)11-13-1-3-14(4-2-13)24-12-19-20-21-24/h1-6,12H,7-11H2. The maximum absolute atomic E-state index is 12.7. The Hall–Kier alpha value is -2.34. The van der Waals surface area contributed by atoms with Gasteiger partial charge in [0.05, 0.1) is 16.4 Å². The second-order valence-electron chi connectivity index (χ2n) is 6.44. The van der Waals surface area contributed by atoms with Crippen LogP contribution >= 0.6 is 22.9 Å². The molecule has 4 rings (SSSR count). The van der Waals surface area contributed by atoms with Crippen molar-refractivity contribution >= 4 is 38.9 Å². The SMILES string of the molecule is O=C(Cc1ccc(-n2cnnn2)cc1)N1CCN(S(=O)(=O)c2ccc(Cl)s2)CC1. The van der Waals surface area contributed by atoms with Crippen molar-refractivity contribution in [3.8, 4) is 5.69 Å². The minimum Gasteiger partial charge on any atom is -0.340 e. The Labute approximate surface area is 176 Å². The van der Waals surface area contributed by atoms with Gasteiger partial charge in [-0.1, -0.05) is 23.7 Å². The van der Waals surface area contributed by atoms with E-state index in [9.17, 15) is 13.2 Å². The van der Waals surface area contributed by atoms with Crippen molar-refractivity contribution in [3.05, 3.63) is 52.6 Å². The summed E-state index contributed by atoms with van der Waals surface area (Å²) in [4.78, 5) is 14.3. The third-order valence-corrected chi connectivity index (χ3v) is 8.24. The topological polar surface area (TPSA) is 101 Å². The summed E-state index contributed by atoms with van der Waals surface area (Å²) in [7, 11) is -3.56. The van der Waals surface area contributed by atoms with E-state index in [1.807, 2.05) is 24.3 Å². The van der Waals surface area contributed by atoms with Crippen molar-refractivity contribution in [3.63, 3.8) is 0 Å². The maximum atomic E-state index is 12.7. The number of benzene rings is 1. The lowest BCUT2D eigenvalue weighted by Crippen LogP contribution is -2.50. The van der Waals surface area contributed by atoms with Gasteiger partial charge < -0.3 is 4.90 Å². The van der Waals surface area contributed by atoms with E-state index in [2.05, 4.69) is 15.5 Å². The molecular weight excluding hydrogens is 436 g/mol. The van der Waals surface area contributed by atoms with Crippen LogP contribution in [0.1, 0.15) is 5.56 Å². The predicted molar refractivity (Wildman–Crippen MR) is 108 cm³/mol. The van der Waals surface area contributed by atoms with Gasteiger partial charge in [-0.3, -0.25) is 4.79 Å². The number of sulfonamides is 1. The summed E-state index contributed by atoms with van der Waals surface area (Å²) in [6.07, 6.45) is 1.75. The molecule has 1 fully saturated rings. The molecule has 0 N–H and O–H groups in total. The highest BCUT2D eigenvalue weighted by Gasteiger charge is 2.31. The molecule has 2 aromatic heterocycles. The molecule has 0 radical (unpaired) electrons. The molecule has 0 unspecified atom stereocenters. The number of nitrogens with zero attached hydrogens (tertiary/aromatic N) is 6. The van der Waals surface area contributed by atoms with Gasteiger partial charge in [0.1, 0.15) is 10.5 Å². The molecular formula is C17H17ClN6O3S2. The highest BCUT2D eigenvalue weighted by molar-refractivity contribution is 7.91. The number of aromatic nitrogens is 4. The zero-order chi connectivity index (χ0) is 20.4. The number of carbonyl (C=O) groups is 1. The summed E-state index contributed by atoms with van der Waals surface area (Å²) in [5.41, 5.74) is 1.67. The van der Waals surface area contributed by atoms with Crippen molar-refractivity contribution in [1.82, 2.24) is 29.4 Å². The molecule has 1 amide bonds. The van der Waals surface area contributed by atoms with E-state index in [1.165, 1.54) is 21.4 Å². The molecule has 1 aliphatic rings.